The van der Waals surface area contributed by atoms with Crippen molar-refractivity contribution in [3.05, 3.63) is 29.8 Å². The van der Waals surface area contributed by atoms with Crippen molar-refractivity contribution in [1.29, 1.82) is 0 Å². The van der Waals surface area contributed by atoms with E-state index in [4.69, 9.17) is 4.18 Å². The zero-order chi connectivity index (χ0) is 13.0. The Morgan fingerprint density at radius 3 is 2.56 bits per heavy atom. The lowest BCUT2D eigenvalue weighted by Crippen LogP contribution is -2.35. The minimum atomic E-state index is -3.43. The van der Waals surface area contributed by atoms with Gasteiger partial charge in [0, 0.05) is 6.04 Å². The van der Waals surface area contributed by atoms with Gasteiger partial charge < -0.3 is 9.50 Å². The summed E-state index contributed by atoms with van der Waals surface area (Å²) < 4.78 is 26.7. The average molecular weight is 269 g/mol. The Kier molecular flexibility index (Phi) is 4.24. The van der Waals surface area contributed by atoms with E-state index in [1.54, 1.807) is 12.1 Å². The molecule has 1 aromatic carbocycles. The maximum atomic E-state index is 11.0. The first-order valence-corrected chi connectivity index (χ1v) is 8.06. The molecule has 0 spiro atoms. The SMILES string of the molecule is CS(=O)(=O)Oc1ccc(CC2CCCCN2)cc1. The van der Waals surface area contributed by atoms with Gasteiger partial charge in [-0.25, -0.2) is 0 Å². The van der Waals surface area contributed by atoms with Crippen molar-refractivity contribution in [2.24, 2.45) is 0 Å². The van der Waals surface area contributed by atoms with Crippen molar-refractivity contribution in [2.75, 3.05) is 12.8 Å². The highest BCUT2D eigenvalue weighted by Crippen LogP contribution is 2.17. The van der Waals surface area contributed by atoms with Gasteiger partial charge in [-0.3, -0.25) is 0 Å². The molecule has 1 aliphatic rings. The Labute approximate surface area is 108 Å². The number of rotatable bonds is 4. The molecule has 1 N–H and O–H groups in total. The molecule has 0 aliphatic carbocycles. The summed E-state index contributed by atoms with van der Waals surface area (Å²) in [6, 6.07) is 7.81. The second-order valence-corrected chi connectivity index (χ2v) is 6.36. The monoisotopic (exact) mass is 269 g/mol. The third-order valence-corrected chi connectivity index (χ3v) is 3.56. The maximum absolute atomic E-state index is 11.0. The fraction of sp³-hybridized carbons (Fsp3) is 0.538. The van der Waals surface area contributed by atoms with Gasteiger partial charge in [0.05, 0.1) is 6.26 Å². The highest BCUT2D eigenvalue weighted by Gasteiger charge is 2.13. The van der Waals surface area contributed by atoms with E-state index in [0.717, 1.165) is 19.2 Å². The van der Waals surface area contributed by atoms with Crippen molar-refractivity contribution in [1.82, 2.24) is 5.32 Å². The van der Waals surface area contributed by atoms with Crippen molar-refractivity contribution < 1.29 is 12.6 Å². The van der Waals surface area contributed by atoms with E-state index in [-0.39, 0.29) is 0 Å². The third-order valence-electron chi connectivity index (χ3n) is 3.07. The highest BCUT2D eigenvalue weighted by atomic mass is 32.2. The van der Waals surface area contributed by atoms with Crippen LogP contribution in [0.5, 0.6) is 5.75 Å². The lowest BCUT2D eigenvalue weighted by atomic mass is 9.98. The highest BCUT2D eigenvalue weighted by molar-refractivity contribution is 7.86. The average Bonchev–Trinajstić information content (AvgIpc) is 2.31. The summed E-state index contributed by atoms with van der Waals surface area (Å²) in [4.78, 5) is 0. The van der Waals surface area contributed by atoms with Crippen LogP contribution in [-0.2, 0) is 16.5 Å². The van der Waals surface area contributed by atoms with E-state index in [1.165, 1.54) is 24.8 Å². The minimum Gasteiger partial charge on any atom is -0.383 e. The summed E-state index contributed by atoms with van der Waals surface area (Å²) in [5.74, 6) is 0.373. The van der Waals surface area contributed by atoms with E-state index in [2.05, 4.69) is 5.32 Å². The van der Waals surface area contributed by atoms with Crippen molar-refractivity contribution in [2.45, 2.75) is 31.7 Å². The molecule has 0 amide bonds. The second-order valence-electron chi connectivity index (χ2n) is 4.78. The van der Waals surface area contributed by atoms with Crippen LogP contribution in [0.3, 0.4) is 0 Å². The Morgan fingerprint density at radius 1 is 1.28 bits per heavy atom. The molecular formula is C13H19NO3S. The number of piperidine rings is 1. The number of hydrogen-bond donors (Lipinski definition) is 1. The molecule has 1 aromatic rings. The molecule has 5 heteroatoms. The summed E-state index contributed by atoms with van der Waals surface area (Å²) >= 11 is 0. The summed E-state index contributed by atoms with van der Waals surface area (Å²) in [6.45, 7) is 1.10. The number of benzene rings is 1. The van der Waals surface area contributed by atoms with Crippen LogP contribution in [0, 0.1) is 0 Å². The van der Waals surface area contributed by atoms with Crippen molar-refractivity contribution >= 4 is 10.1 Å². The molecule has 0 aromatic heterocycles. The van der Waals surface area contributed by atoms with Crippen LogP contribution in [0.4, 0.5) is 0 Å². The Bertz CT molecular complexity index is 475. The van der Waals surface area contributed by atoms with Gasteiger partial charge >= 0.3 is 10.1 Å². The van der Waals surface area contributed by atoms with Crippen LogP contribution in [0.15, 0.2) is 24.3 Å². The van der Waals surface area contributed by atoms with Gasteiger partial charge in [-0.2, -0.15) is 8.42 Å². The maximum Gasteiger partial charge on any atom is 0.306 e. The van der Waals surface area contributed by atoms with Gasteiger partial charge in [0.15, 0.2) is 0 Å². The van der Waals surface area contributed by atoms with E-state index in [0.29, 0.717) is 11.8 Å². The summed E-state index contributed by atoms with van der Waals surface area (Å²) in [5.41, 5.74) is 1.20. The third kappa shape index (κ3) is 4.31. The van der Waals surface area contributed by atoms with Crippen LogP contribution in [0.2, 0.25) is 0 Å². The molecule has 1 heterocycles. The standard InChI is InChI=1S/C13H19NO3S/c1-18(15,16)17-13-7-5-11(6-8-13)10-12-4-2-3-9-14-12/h5-8,12,14H,2-4,9-10H2,1H3. The van der Waals surface area contributed by atoms with Gasteiger partial charge in [0.1, 0.15) is 5.75 Å². The van der Waals surface area contributed by atoms with Crippen LogP contribution in [0.1, 0.15) is 24.8 Å². The van der Waals surface area contributed by atoms with Crippen LogP contribution >= 0.6 is 0 Å². The predicted octanol–water partition coefficient (Wildman–Crippen LogP) is 1.71. The van der Waals surface area contributed by atoms with E-state index in [1.807, 2.05) is 12.1 Å². The molecule has 0 saturated carbocycles. The van der Waals surface area contributed by atoms with Gasteiger partial charge in [-0.15, -0.1) is 0 Å². The molecule has 1 fully saturated rings. The van der Waals surface area contributed by atoms with Crippen molar-refractivity contribution in [3.63, 3.8) is 0 Å². The predicted molar refractivity (Wildman–Crippen MR) is 71.3 cm³/mol. The summed E-state index contributed by atoms with van der Waals surface area (Å²) in [6.07, 6.45) is 5.79. The lowest BCUT2D eigenvalue weighted by molar-refractivity contribution is 0.399. The zero-order valence-corrected chi connectivity index (χ0v) is 11.4. The molecule has 4 nitrogen and oxygen atoms in total. The first-order valence-electron chi connectivity index (χ1n) is 6.25. The molecule has 100 valence electrons. The molecule has 1 unspecified atom stereocenters. The van der Waals surface area contributed by atoms with Crippen LogP contribution in [-0.4, -0.2) is 27.3 Å². The number of nitrogens with one attached hydrogen (secondary N) is 1. The Hall–Kier alpha value is -1.07. The molecular weight excluding hydrogens is 250 g/mol. The van der Waals surface area contributed by atoms with Gasteiger partial charge in [-0.1, -0.05) is 18.6 Å². The lowest BCUT2D eigenvalue weighted by Gasteiger charge is -2.23. The Balaban J connectivity index is 1.94. The molecule has 1 aliphatic heterocycles. The Morgan fingerprint density at radius 2 is 2.00 bits per heavy atom. The molecule has 1 saturated heterocycles. The quantitative estimate of drug-likeness (QED) is 0.845. The van der Waals surface area contributed by atoms with Crippen LogP contribution < -0.4 is 9.50 Å². The molecule has 18 heavy (non-hydrogen) atoms. The van der Waals surface area contributed by atoms with E-state index in [9.17, 15) is 8.42 Å². The molecule has 0 bridgehead atoms. The fourth-order valence-corrected chi connectivity index (χ4v) is 2.70. The number of hydrogen-bond acceptors (Lipinski definition) is 4. The first kappa shape index (κ1) is 13.4. The normalized spacial score (nSPS) is 20.6. The molecule has 2 rings (SSSR count). The van der Waals surface area contributed by atoms with Gasteiger partial charge in [0.25, 0.3) is 0 Å². The molecule has 0 radical (unpaired) electrons. The van der Waals surface area contributed by atoms with Crippen LogP contribution in [0.25, 0.3) is 0 Å². The second kappa shape index (κ2) is 5.71. The zero-order valence-electron chi connectivity index (χ0n) is 10.6. The minimum absolute atomic E-state index is 0.373. The van der Waals surface area contributed by atoms with Gasteiger partial charge in [0.2, 0.25) is 0 Å². The van der Waals surface area contributed by atoms with Gasteiger partial charge in [-0.05, 0) is 43.5 Å². The molecule has 1 atom stereocenters. The van der Waals surface area contributed by atoms with Crippen molar-refractivity contribution in [3.8, 4) is 5.75 Å². The summed E-state index contributed by atoms with van der Waals surface area (Å²) in [5, 5.41) is 3.49. The summed E-state index contributed by atoms with van der Waals surface area (Å²) in [7, 11) is -3.43. The van der Waals surface area contributed by atoms with E-state index >= 15 is 0 Å². The smallest absolute Gasteiger partial charge is 0.306 e. The topological polar surface area (TPSA) is 55.4 Å². The first-order chi connectivity index (χ1) is 8.53. The largest absolute Gasteiger partial charge is 0.383 e. The van der Waals surface area contributed by atoms with E-state index < -0.39 is 10.1 Å². The fourth-order valence-electron chi connectivity index (χ4n) is 2.24.